The van der Waals surface area contributed by atoms with Crippen molar-refractivity contribution in [2.45, 2.75) is 32.6 Å². The molecule has 1 aromatic carbocycles. The summed E-state index contributed by atoms with van der Waals surface area (Å²) < 4.78 is 5.98. The molecule has 0 aliphatic rings. The van der Waals surface area contributed by atoms with Gasteiger partial charge in [0.1, 0.15) is 12.4 Å². The Labute approximate surface area is 180 Å². The fraction of sp³-hybridized carbons (Fsp3) is 0.429. The average Bonchev–Trinajstić information content (AvgIpc) is 2.64. The maximum Gasteiger partial charge on any atom is 0.191 e. The zero-order valence-corrected chi connectivity index (χ0v) is 19.0. The minimum absolute atomic E-state index is 0. The van der Waals surface area contributed by atoms with Crippen LogP contribution in [0.2, 0.25) is 0 Å². The Morgan fingerprint density at radius 2 is 1.74 bits per heavy atom. The van der Waals surface area contributed by atoms with E-state index in [0.29, 0.717) is 13.2 Å². The molecule has 0 radical (unpaired) electrons. The molecule has 1 aromatic heterocycles. The van der Waals surface area contributed by atoms with Crippen LogP contribution in [0.3, 0.4) is 0 Å². The first kappa shape index (κ1) is 23.2. The summed E-state index contributed by atoms with van der Waals surface area (Å²) in [7, 11) is 1.77. The smallest absolute Gasteiger partial charge is 0.191 e. The fourth-order valence-corrected chi connectivity index (χ4v) is 2.62. The van der Waals surface area contributed by atoms with Gasteiger partial charge in [-0.1, -0.05) is 45.0 Å². The Hall–Kier alpha value is -1.83. The van der Waals surface area contributed by atoms with E-state index in [1.165, 1.54) is 5.56 Å². The zero-order valence-electron chi connectivity index (χ0n) is 16.7. The summed E-state index contributed by atoms with van der Waals surface area (Å²) in [5.41, 5.74) is 2.35. The average molecular weight is 482 g/mol. The molecule has 0 saturated heterocycles. The number of rotatable bonds is 7. The molecule has 0 fully saturated rings. The van der Waals surface area contributed by atoms with E-state index in [0.717, 1.165) is 30.4 Å². The third-order valence-electron chi connectivity index (χ3n) is 3.97. The van der Waals surface area contributed by atoms with Crippen LogP contribution < -0.4 is 15.4 Å². The van der Waals surface area contributed by atoms with E-state index >= 15 is 0 Å². The van der Waals surface area contributed by atoms with Crippen LogP contribution in [0.1, 0.15) is 32.0 Å². The maximum absolute atomic E-state index is 5.98. The Morgan fingerprint density at radius 3 is 2.41 bits per heavy atom. The topological polar surface area (TPSA) is 58.5 Å². The van der Waals surface area contributed by atoms with Crippen LogP contribution in [0.5, 0.6) is 5.75 Å². The molecule has 0 unspecified atom stereocenters. The lowest BCUT2D eigenvalue weighted by molar-refractivity contribution is 0.313. The van der Waals surface area contributed by atoms with Gasteiger partial charge in [-0.15, -0.1) is 24.0 Å². The summed E-state index contributed by atoms with van der Waals surface area (Å²) in [5, 5.41) is 6.57. The van der Waals surface area contributed by atoms with Gasteiger partial charge in [0, 0.05) is 31.9 Å². The summed E-state index contributed by atoms with van der Waals surface area (Å²) in [5.74, 6) is 1.72. The maximum atomic E-state index is 5.98. The quantitative estimate of drug-likeness (QED) is 0.273. The van der Waals surface area contributed by atoms with Crippen molar-refractivity contribution in [1.29, 1.82) is 0 Å². The van der Waals surface area contributed by atoms with E-state index in [-0.39, 0.29) is 29.4 Å². The number of hydrogen-bond acceptors (Lipinski definition) is 3. The molecule has 0 saturated carbocycles. The van der Waals surface area contributed by atoms with Crippen LogP contribution in [-0.2, 0) is 11.8 Å². The summed E-state index contributed by atoms with van der Waals surface area (Å²) in [4.78, 5) is 8.56. The molecule has 0 spiro atoms. The Balaban J connectivity index is 0.00000364. The van der Waals surface area contributed by atoms with E-state index in [2.05, 4.69) is 53.5 Å². The summed E-state index contributed by atoms with van der Waals surface area (Å²) in [6, 6.07) is 14.2. The highest BCUT2D eigenvalue weighted by Crippen LogP contribution is 2.30. The van der Waals surface area contributed by atoms with Crippen LogP contribution in [-0.4, -0.2) is 37.7 Å². The van der Waals surface area contributed by atoms with Crippen molar-refractivity contribution in [2.75, 3.05) is 26.7 Å². The number of halogens is 1. The number of para-hydroxylation sites is 1. The van der Waals surface area contributed by atoms with Crippen LogP contribution in [0.4, 0.5) is 0 Å². The molecule has 0 aliphatic heterocycles. The Bertz CT molecular complexity index is 699. The number of aliphatic imine (C=N–C) groups is 1. The highest BCUT2D eigenvalue weighted by molar-refractivity contribution is 14.0. The van der Waals surface area contributed by atoms with Crippen molar-refractivity contribution < 1.29 is 4.74 Å². The second kappa shape index (κ2) is 11.8. The molecule has 0 atom stereocenters. The molecule has 0 aliphatic carbocycles. The van der Waals surface area contributed by atoms with Gasteiger partial charge in [-0.3, -0.25) is 9.98 Å². The minimum Gasteiger partial charge on any atom is -0.491 e. The molecule has 5 nitrogen and oxygen atoms in total. The molecule has 2 N–H and O–H groups in total. The molecule has 6 heteroatoms. The first-order valence-corrected chi connectivity index (χ1v) is 9.07. The van der Waals surface area contributed by atoms with Crippen LogP contribution in [0.15, 0.2) is 53.7 Å². The van der Waals surface area contributed by atoms with Gasteiger partial charge < -0.3 is 15.4 Å². The molecule has 27 heavy (non-hydrogen) atoms. The lowest BCUT2D eigenvalue weighted by atomic mass is 9.86. The van der Waals surface area contributed by atoms with Crippen LogP contribution in [0, 0.1) is 0 Å². The number of aromatic nitrogens is 1. The first-order chi connectivity index (χ1) is 12.5. The van der Waals surface area contributed by atoms with Gasteiger partial charge in [0.15, 0.2) is 5.96 Å². The Kier molecular flexibility index (Phi) is 10.1. The van der Waals surface area contributed by atoms with Crippen molar-refractivity contribution in [3.63, 3.8) is 0 Å². The normalized spacial score (nSPS) is 11.5. The molecule has 0 bridgehead atoms. The lowest BCUT2D eigenvalue weighted by Crippen LogP contribution is -2.40. The lowest BCUT2D eigenvalue weighted by Gasteiger charge is -2.22. The number of pyridine rings is 1. The molecular weight excluding hydrogens is 451 g/mol. The number of nitrogens with zero attached hydrogens (tertiary/aromatic N) is 2. The molecule has 148 valence electrons. The van der Waals surface area contributed by atoms with Crippen molar-refractivity contribution >= 4 is 29.9 Å². The van der Waals surface area contributed by atoms with E-state index in [1.54, 1.807) is 7.05 Å². The predicted molar refractivity (Wildman–Crippen MR) is 123 cm³/mol. The van der Waals surface area contributed by atoms with Gasteiger partial charge >= 0.3 is 0 Å². The van der Waals surface area contributed by atoms with Crippen molar-refractivity contribution in [2.24, 2.45) is 4.99 Å². The molecule has 2 aromatic rings. The molecular formula is C21H31IN4O. The predicted octanol–water partition coefficient (Wildman–Crippen LogP) is 3.78. The monoisotopic (exact) mass is 482 g/mol. The van der Waals surface area contributed by atoms with Crippen molar-refractivity contribution in [1.82, 2.24) is 15.6 Å². The van der Waals surface area contributed by atoms with Crippen LogP contribution in [0.25, 0.3) is 0 Å². The molecule has 1 heterocycles. The molecule has 2 rings (SSSR count). The summed E-state index contributed by atoms with van der Waals surface area (Å²) in [6.07, 6.45) is 2.67. The van der Waals surface area contributed by atoms with Crippen molar-refractivity contribution in [3.05, 3.63) is 59.9 Å². The minimum atomic E-state index is 0. The highest BCUT2D eigenvalue weighted by atomic mass is 127. The number of hydrogen-bond donors (Lipinski definition) is 2. The second-order valence-corrected chi connectivity index (χ2v) is 7.09. The summed E-state index contributed by atoms with van der Waals surface area (Å²) >= 11 is 0. The largest absolute Gasteiger partial charge is 0.491 e. The first-order valence-electron chi connectivity index (χ1n) is 9.07. The molecule has 0 amide bonds. The van der Waals surface area contributed by atoms with Gasteiger partial charge in [-0.2, -0.15) is 0 Å². The van der Waals surface area contributed by atoms with Gasteiger partial charge in [-0.05, 0) is 29.2 Å². The third-order valence-corrected chi connectivity index (χ3v) is 3.97. The highest BCUT2D eigenvalue weighted by Gasteiger charge is 2.18. The van der Waals surface area contributed by atoms with Gasteiger partial charge in [0.2, 0.25) is 0 Å². The van der Waals surface area contributed by atoms with Gasteiger partial charge in [-0.25, -0.2) is 0 Å². The van der Waals surface area contributed by atoms with Gasteiger partial charge in [0.05, 0.1) is 6.54 Å². The second-order valence-electron chi connectivity index (χ2n) is 7.09. The standard InChI is InChI=1S/C21H30N4O.HI/c1-21(2,3)18-10-5-6-11-19(18)26-16-15-25-20(22-4)24-14-12-17-9-7-8-13-23-17;/h5-11,13H,12,14-16H2,1-4H3,(H2,22,24,25);1H. The third kappa shape index (κ3) is 8.15. The van der Waals surface area contributed by atoms with E-state index < -0.39 is 0 Å². The van der Waals surface area contributed by atoms with E-state index in [9.17, 15) is 0 Å². The number of nitrogens with one attached hydrogen (secondary N) is 2. The fourth-order valence-electron chi connectivity index (χ4n) is 2.62. The zero-order chi connectivity index (χ0) is 18.8. The SMILES string of the molecule is CN=C(NCCOc1ccccc1C(C)(C)C)NCCc1ccccn1.I. The van der Waals surface area contributed by atoms with E-state index in [1.807, 2.05) is 36.5 Å². The van der Waals surface area contributed by atoms with E-state index in [4.69, 9.17) is 4.74 Å². The Morgan fingerprint density at radius 1 is 1.04 bits per heavy atom. The number of ether oxygens (including phenoxy) is 1. The van der Waals surface area contributed by atoms with Crippen LogP contribution >= 0.6 is 24.0 Å². The number of benzene rings is 1. The number of guanidine groups is 1. The van der Waals surface area contributed by atoms with Crippen molar-refractivity contribution in [3.8, 4) is 5.75 Å². The summed E-state index contributed by atoms with van der Waals surface area (Å²) in [6.45, 7) is 8.63. The van der Waals surface area contributed by atoms with Gasteiger partial charge in [0.25, 0.3) is 0 Å².